The normalized spacial score (nSPS) is 10.8. The molecule has 2 nitrogen and oxygen atoms in total. The summed E-state index contributed by atoms with van der Waals surface area (Å²) < 4.78 is 0. The summed E-state index contributed by atoms with van der Waals surface area (Å²) in [5.41, 5.74) is 6.60. The van der Waals surface area contributed by atoms with E-state index >= 15 is 0 Å². The fraction of sp³-hybridized carbons (Fsp3) is 0.118. The smallest absolute Gasteiger partial charge is 0.152 e. The second-order valence-electron chi connectivity index (χ2n) is 4.92. The number of nitrogens with one attached hydrogen (secondary N) is 1. The molecule has 94 valence electrons. The number of carbonyl (C=O) groups is 1. The van der Waals surface area contributed by atoms with Crippen molar-refractivity contribution in [1.29, 1.82) is 0 Å². The molecule has 1 heterocycles. The first kappa shape index (κ1) is 11.7. The third-order valence-electron chi connectivity index (χ3n) is 3.68. The molecule has 0 spiro atoms. The van der Waals surface area contributed by atoms with Crippen molar-refractivity contribution in [1.82, 2.24) is 4.98 Å². The SMILES string of the molecule is Cc1ccc(-c2ccc3[nH]cc(C=O)c3c2)cc1C. The van der Waals surface area contributed by atoms with Gasteiger partial charge in [0.25, 0.3) is 0 Å². The Morgan fingerprint density at radius 2 is 1.68 bits per heavy atom. The van der Waals surface area contributed by atoms with Crippen molar-refractivity contribution in [2.45, 2.75) is 13.8 Å². The molecule has 0 amide bonds. The Morgan fingerprint density at radius 1 is 0.947 bits per heavy atom. The molecule has 2 heteroatoms. The van der Waals surface area contributed by atoms with Gasteiger partial charge in [0.2, 0.25) is 0 Å². The van der Waals surface area contributed by atoms with Crippen molar-refractivity contribution >= 4 is 17.2 Å². The number of hydrogen-bond donors (Lipinski definition) is 1. The summed E-state index contributed by atoms with van der Waals surface area (Å²) in [5, 5.41) is 0.978. The Labute approximate surface area is 112 Å². The zero-order valence-corrected chi connectivity index (χ0v) is 11.0. The molecule has 0 fully saturated rings. The van der Waals surface area contributed by atoms with E-state index in [9.17, 15) is 4.79 Å². The van der Waals surface area contributed by atoms with Gasteiger partial charge in [-0.15, -0.1) is 0 Å². The summed E-state index contributed by atoms with van der Waals surface area (Å²) in [4.78, 5) is 14.1. The molecule has 0 radical (unpaired) electrons. The van der Waals surface area contributed by atoms with E-state index in [4.69, 9.17) is 0 Å². The molecule has 3 rings (SSSR count). The Kier molecular flexibility index (Phi) is 2.71. The standard InChI is InChI=1S/C17H15NO/c1-11-3-4-13(7-12(11)2)14-5-6-17-16(8-14)15(10-19)9-18-17/h3-10,18H,1-2H3. The maximum atomic E-state index is 11.0. The molecule has 0 aliphatic carbocycles. The number of H-pyrrole nitrogens is 1. The monoisotopic (exact) mass is 249 g/mol. The van der Waals surface area contributed by atoms with E-state index < -0.39 is 0 Å². The van der Waals surface area contributed by atoms with Gasteiger partial charge < -0.3 is 4.98 Å². The van der Waals surface area contributed by atoms with Crippen LogP contribution in [-0.4, -0.2) is 11.3 Å². The zero-order valence-electron chi connectivity index (χ0n) is 11.0. The molecule has 0 unspecified atom stereocenters. The number of fused-ring (bicyclic) bond motifs is 1. The molecule has 1 N–H and O–H groups in total. The van der Waals surface area contributed by atoms with E-state index in [0.717, 1.165) is 22.8 Å². The number of rotatable bonds is 2. The first-order valence-electron chi connectivity index (χ1n) is 6.33. The predicted molar refractivity (Wildman–Crippen MR) is 78.6 cm³/mol. The van der Waals surface area contributed by atoms with Gasteiger partial charge in [-0.3, -0.25) is 4.79 Å². The maximum Gasteiger partial charge on any atom is 0.152 e. The van der Waals surface area contributed by atoms with Gasteiger partial charge in [0.1, 0.15) is 0 Å². The summed E-state index contributed by atoms with van der Waals surface area (Å²) in [7, 11) is 0. The number of aryl methyl sites for hydroxylation is 2. The zero-order chi connectivity index (χ0) is 13.4. The van der Waals surface area contributed by atoms with Gasteiger partial charge >= 0.3 is 0 Å². The van der Waals surface area contributed by atoms with Crippen LogP contribution in [0.1, 0.15) is 21.5 Å². The van der Waals surface area contributed by atoms with Crippen LogP contribution in [0.4, 0.5) is 0 Å². The van der Waals surface area contributed by atoms with Crippen molar-refractivity contribution in [2.75, 3.05) is 0 Å². The van der Waals surface area contributed by atoms with Crippen LogP contribution in [0.25, 0.3) is 22.0 Å². The van der Waals surface area contributed by atoms with Gasteiger partial charge in [-0.1, -0.05) is 24.3 Å². The molecule has 19 heavy (non-hydrogen) atoms. The van der Waals surface area contributed by atoms with Crippen LogP contribution >= 0.6 is 0 Å². The molecule has 0 bridgehead atoms. The van der Waals surface area contributed by atoms with Crippen LogP contribution in [0.3, 0.4) is 0 Å². The fourth-order valence-corrected chi connectivity index (χ4v) is 2.34. The van der Waals surface area contributed by atoms with Crippen molar-refractivity contribution in [2.24, 2.45) is 0 Å². The van der Waals surface area contributed by atoms with E-state index in [1.54, 1.807) is 6.20 Å². The van der Waals surface area contributed by atoms with E-state index in [0.29, 0.717) is 5.56 Å². The van der Waals surface area contributed by atoms with Gasteiger partial charge in [0, 0.05) is 22.7 Å². The highest BCUT2D eigenvalue weighted by atomic mass is 16.1. The minimum absolute atomic E-state index is 0.709. The Morgan fingerprint density at radius 3 is 2.42 bits per heavy atom. The van der Waals surface area contributed by atoms with Gasteiger partial charge in [-0.25, -0.2) is 0 Å². The van der Waals surface area contributed by atoms with Crippen LogP contribution < -0.4 is 0 Å². The van der Waals surface area contributed by atoms with Crippen LogP contribution in [0.5, 0.6) is 0 Å². The Balaban J connectivity index is 2.18. The van der Waals surface area contributed by atoms with Crippen LogP contribution in [0.2, 0.25) is 0 Å². The van der Waals surface area contributed by atoms with Crippen molar-refractivity contribution < 1.29 is 4.79 Å². The quantitative estimate of drug-likeness (QED) is 0.676. The molecular formula is C17H15NO. The Bertz CT molecular complexity index is 768. The lowest BCUT2D eigenvalue weighted by molar-refractivity contribution is 0.112. The van der Waals surface area contributed by atoms with E-state index in [2.05, 4.69) is 49.2 Å². The average Bonchev–Trinajstić information content (AvgIpc) is 2.84. The molecule has 0 aliphatic rings. The van der Waals surface area contributed by atoms with Crippen LogP contribution in [-0.2, 0) is 0 Å². The van der Waals surface area contributed by atoms with Crippen LogP contribution in [0, 0.1) is 13.8 Å². The maximum absolute atomic E-state index is 11.0. The minimum atomic E-state index is 0.709. The largest absolute Gasteiger partial charge is 0.360 e. The summed E-state index contributed by atoms with van der Waals surface area (Å²) >= 11 is 0. The number of hydrogen-bond acceptors (Lipinski definition) is 1. The second-order valence-corrected chi connectivity index (χ2v) is 4.92. The minimum Gasteiger partial charge on any atom is -0.360 e. The lowest BCUT2D eigenvalue weighted by Crippen LogP contribution is -1.84. The van der Waals surface area contributed by atoms with E-state index in [1.807, 2.05) is 6.07 Å². The molecule has 3 aromatic rings. The topological polar surface area (TPSA) is 32.9 Å². The highest BCUT2D eigenvalue weighted by Crippen LogP contribution is 2.27. The average molecular weight is 249 g/mol. The molecule has 0 saturated carbocycles. The van der Waals surface area contributed by atoms with Gasteiger partial charge in [0.05, 0.1) is 0 Å². The highest BCUT2D eigenvalue weighted by Gasteiger charge is 2.05. The molecule has 1 aromatic heterocycles. The summed E-state index contributed by atoms with van der Waals surface area (Å²) in [6.45, 7) is 4.23. The first-order valence-corrected chi connectivity index (χ1v) is 6.33. The number of aromatic amines is 1. The molecule has 0 saturated heterocycles. The summed E-state index contributed by atoms with van der Waals surface area (Å²) in [6.07, 6.45) is 2.64. The predicted octanol–water partition coefficient (Wildman–Crippen LogP) is 4.26. The molecular weight excluding hydrogens is 234 g/mol. The van der Waals surface area contributed by atoms with Crippen LogP contribution in [0.15, 0.2) is 42.6 Å². The third-order valence-corrected chi connectivity index (χ3v) is 3.68. The van der Waals surface area contributed by atoms with Gasteiger partial charge in [0.15, 0.2) is 6.29 Å². The van der Waals surface area contributed by atoms with Gasteiger partial charge in [-0.05, 0) is 48.2 Å². The number of aromatic nitrogens is 1. The fourth-order valence-electron chi connectivity index (χ4n) is 2.34. The summed E-state index contributed by atoms with van der Waals surface area (Å²) in [6, 6.07) is 12.6. The number of aldehydes is 1. The second kappa shape index (κ2) is 4.39. The molecule has 0 aliphatic heterocycles. The Hall–Kier alpha value is -2.35. The van der Waals surface area contributed by atoms with Gasteiger partial charge in [-0.2, -0.15) is 0 Å². The lowest BCUT2D eigenvalue weighted by Gasteiger charge is -2.06. The molecule has 2 aromatic carbocycles. The van der Waals surface area contributed by atoms with E-state index in [1.165, 1.54) is 16.7 Å². The highest BCUT2D eigenvalue weighted by molar-refractivity contribution is 5.99. The van der Waals surface area contributed by atoms with Crippen molar-refractivity contribution in [3.05, 3.63) is 59.3 Å². The molecule has 0 atom stereocenters. The van der Waals surface area contributed by atoms with Crippen molar-refractivity contribution in [3.8, 4) is 11.1 Å². The van der Waals surface area contributed by atoms with E-state index in [-0.39, 0.29) is 0 Å². The third kappa shape index (κ3) is 1.95. The first-order chi connectivity index (χ1) is 9.19. The summed E-state index contributed by atoms with van der Waals surface area (Å²) in [5.74, 6) is 0. The lowest BCUT2D eigenvalue weighted by atomic mass is 9.99. The number of carbonyl (C=O) groups excluding carboxylic acids is 1. The number of benzene rings is 2. The van der Waals surface area contributed by atoms with Crippen molar-refractivity contribution in [3.63, 3.8) is 0 Å².